The lowest BCUT2D eigenvalue weighted by Gasteiger charge is -2.39. The number of allylic oxidation sites excluding steroid dienone is 1. The van der Waals surface area contributed by atoms with Crippen molar-refractivity contribution >= 4 is 11.9 Å². The fraction of sp³-hybridized carbons (Fsp3) is 0.810. The predicted octanol–water partition coefficient (Wildman–Crippen LogP) is 2.08. The number of likely N-dealkylation sites (tertiary alicyclic amines) is 1. The molecule has 6 nitrogen and oxygen atoms in total. The number of rotatable bonds is 5. The first kappa shape index (κ1) is 20.2. The van der Waals surface area contributed by atoms with Crippen molar-refractivity contribution in [3.8, 4) is 0 Å². The lowest BCUT2D eigenvalue weighted by molar-refractivity contribution is -0.135. The molecule has 0 aromatic heterocycles. The van der Waals surface area contributed by atoms with E-state index in [1.165, 1.54) is 25.7 Å². The van der Waals surface area contributed by atoms with Crippen LogP contribution in [-0.2, 0) is 4.79 Å². The third-order valence-corrected chi connectivity index (χ3v) is 6.26. The maximum absolute atomic E-state index is 12.6. The summed E-state index contributed by atoms with van der Waals surface area (Å²) >= 11 is 0. The van der Waals surface area contributed by atoms with E-state index in [0.717, 1.165) is 71.0 Å². The quantitative estimate of drug-likeness (QED) is 0.454. The Morgan fingerprint density at radius 2 is 1.81 bits per heavy atom. The molecular formula is C21H37N5O. The van der Waals surface area contributed by atoms with Crippen LogP contribution in [0.1, 0.15) is 51.9 Å². The second kappa shape index (κ2) is 10.1. The minimum Gasteiger partial charge on any atom is -0.356 e. The molecule has 2 fully saturated rings. The highest BCUT2D eigenvalue weighted by Crippen LogP contribution is 2.19. The minimum atomic E-state index is -0.00142. The first-order valence-electron chi connectivity index (χ1n) is 10.9. The van der Waals surface area contributed by atoms with Crippen molar-refractivity contribution < 1.29 is 4.79 Å². The molecule has 0 radical (unpaired) electrons. The van der Waals surface area contributed by atoms with Crippen LogP contribution in [0.25, 0.3) is 0 Å². The highest BCUT2D eigenvalue weighted by atomic mass is 16.2. The maximum atomic E-state index is 12.6. The Hall–Kier alpha value is -1.56. The fourth-order valence-electron chi connectivity index (χ4n) is 4.48. The van der Waals surface area contributed by atoms with Gasteiger partial charge in [0.1, 0.15) is 0 Å². The topological polar surface area (TPSA) is 51.2 Å². The number of hydrogen-bond acceptors (Lipinski definition) is 3. The van der Waals surface area contributed by atoms with Gasteiger partial charge in [0.2, 0.25) is 5.91 Å². The monoisotopic (exact) mass is 375 g/mol. The van der Waals surface area contributed by atoms with Gasteiger partial charge >= 0.3 is 0 Å². The number of nitrogens with zero attached hydrogens (tertiary/aromatic N) is 4. The molecular weight excluding hydrogens is 338 g/mol. The van der Waals surface area contributed by atoms with Crippen LogP contribution >= 0.6 is 0 Å². The molecule has 2 heterocycles. The Morgan fingerprint density at radius 3 is 2.44 bits per heavy atom. The zero-order chi connectivity index (χ0) is 19.1. The van der Waals surface area contributed by atoms with E-state index in [1.807, 2.05) is 11.9 Å². The molecule has 2 aliphatic heterocycles. The third-order valence-electron chi connectivity index (χ3n) is 6.26. The van der Waals surface area contributed by atoms with Gasteiger partial charge in [-0.1, -0.05) is 11.6 Å². The average Bonchev–Trinajstić information content (AvgIpc) is 3.26. The number of piperazine rings is 1. The molecule has 1 N–H and O–H groups in total. The molecule has 1 unspecified atom stereocenters. The zero-order valence-corrected chi connectivity index (χ0v) is 17.3. The van der Waals surface area contributed by atoms with E-state index in [1.54, 1.807) is 5.57 Å². The summed E-state index contributed by atoms with van der Waals surface area (Å²) in [6.07, 6.45) is 11.1. The van der Waals surface area contributed by atoms with Crippen molar-refractivity contribution in [3.63, 3.8) is 0 Å². The number of hydrogen-bond donors (Lipinski definition) is 1. The summed E-state index contributed by atoms with van der Waals surface area (Å²) in [5, 5.41) is 3.54. The second-order valence-electron chi connectivity index (χ2n) is 8.06. The van der Waals surface area contributed by atoms with Gasteiger partial charge in [-0.2, -0.15) is 0 Å². The van der Waals surface area contributed by atoms with Gasteiger partial charge in [-0.25, -0.2) is 0 Å². The summed E-state index contributed by atoms with van der Waals surface area (Å²) in [6, 6.07) is -0.00142. The lowest BCUT2D eigenvalue weighted by atomic mass is 9.97. The van der Waals surface area contributed by atoms with Gasteiger partial charge in [0.15, 0.2) is 5.96 Å². The molecule has 1 aliphatic carbocycles. The van der Waals surface area contributed by atoms with Crippen LogP contribution in [0.4, 0.5) is 0 Å². The van der Waals surface area contributed by atoms with Crippen LogP contribution in [0, 0.1) is 0 Å². The fourth-order valence-corrected chi connectivity index (χ4v) is 4.48. The van der Waals surface area contributed by atoms with Crippen molar-refractivity contribution in [2.45, 2.75) is 57.9 Å². The van der Waals surface area contributed by atoms with E-state index in [0.29, 0.717) is 5.91 Å². The molecule has 6 heteroatoms. The smallest absolute Gasteiger partial charge is 0.239 e. The number of carbonyl (C=O) groups excluding carboxylic acids is 1. The maximum Gasteiger partial charge on any atom is 0.239 e. The van der Waals surface area contributed by atoms with Crippen molar-refractivity contribution in [1.82, 2.24) is 20.0 Å². The van der Waals surface area contributed by atoms with E-state index in [4.69, 9.17) is 0 Å². The summed E-state index contributed by atoms with van der Waals surface area (Å²) in [5.74, 6) is 1.31. The average molecular weight is 376 g/mol. The van der Waals surface area contributed by atoms with Gasteiger partial charge in [0.25, 0.3) is 0 Å². The van der Waals surface area contributed by atoms with Crippen LogP contribution in [0.5, 0.6) is 0 Å². The van der Waals surface area contributed by atoms with E-state index in [9.17, 15) is 4.79 Å². The summed E-state index contributed by atoms with van der Waals surface area (Å²) < 4.78 is 0. The largest absolute Gasteiger partial charge is 0.356 e. The first-order valence-corrected chi connectivity index (χ1v) is 10.9. The van der Waals surface area contributed by atoms with Crippen LogP contribution < -0.4 is 5.32 Å². The Balaban J connectivity index is 1.41. The molecule has 3 aliphatic rings. The number of amides is 1. The van der Waals surface area contributed by atoms with Gasteiger partial charge < -0.3 is 15.1 Å². The molecule has 1 amide bonds. The Labute approximate surface area is 164 Å². The van der Waals surface area contributed by atoms with Crippen LogP contribution in [-0.4, -0.2) is 85.5 Å². The molecule has 0 aromatic carbocycles. The molecule has 0 aromatic rings. The van der Waals surface area contributed by atoms with Gasteiger partial charge in [-0.3, -0.25) is 14.7 Å². The van der Waals surface area contributed by atoms with Crippen molar-refractivity contribution in [2.24, 2.45) is 4.99 Å². The summed E-state index contributed by atoms with van der Waals surface area (Å²) in [7, 11) is 1.87. The van der Waals surface area contributed by atoms with Gasteiger partial charge in [0.05, 0.1) is 6.04 Å². The molecule has 0 saturated carbocycles. The van der Waals surface area contributed by atoms with Gasteiger partial charge in [-0.05, 0) is 51.9 Å². The Bertz CT molecular complexity index is 545. The molecule has 0 bridgehead atoms. The number of nitrogens with one attached hydrogen (secondary N) is 1. The summed E-state index contributed by atoms with van der Waals surface area (Å²) in [4.78, 5) is 23.8. The molecule has 2 saturated heterocycles. The molecule has 0 spiro atoms. The lowest BCUT2D eigenvalue weighted by Crippen LogP contribution is -2.57. The van der Waals surface area contributed by atoms with E-state index >= 15 is 0 Å². The number of aliphatic imine (C=N–C) groups is 1. The van der Waals surface area contributed by atoms with E-state index in [-0.39, 0.29) is 6.04 Å². The first-order chi connectivity index (χ1) is 13.2. The van der Waals surface area contributed by atoms with Crippen molar-refractivity contribution in [1.29, 1.82) is 0 Å². The summed E-state index contributed by atoms with van der Waals surface area (Å²) in [5.41, 5.74) is 1.60. The molecule has 3 rings (SSSR count). The number of carbonyl (C=O) groups is 1. The van der Waals surface area contributed by atoms with Crippen molar-refractivity contribution in [3.05, 3.63) is 11.6 Å². The minimum absolute atomic E-state index is 0.00142. The Morgan fingerprint density at radius 1 is 1.07 bits per heavy atom. The number of guanidine groups is 1. The van der Waals surface area contributed by atoms with Crippen LogP contribution in [0.3, 0.4) is 0 Å². The van der Waals surface area contributed by atoms with E-state index in [2.05, 4.69) is 33.1 Å². The van der Waals surface area contributed by atoms with Gasteiger partial charge in [0, 0.05) is 52.9 Å². The highest BCUT2D eigenvalue weighted by molar-refractivity contribution is 5.82. The standard InChI is InChI=1S/C21H37N5O/c1-18(20(27)25-12-6-7-13-25)24-14-16-26(17-15-24)21(22-2)23-11-10-19-8-4-3-5-9-19/h8,18H,3-7,9-17H2,1-2H3,(H,22,23). The molecule has 27 heavy (non-hydrogen) atoms. The predicted molar refractivity (Wildman–Crippen MR) is 111 cm³/mol. The zero-order valence-electron chi connectivity index (χ0n) is 17.3. The van der Waals surface area contributed by atoms with E-state index < -0.39 is 0 Å². The molecule has 1 atom stereocenters. The van der Waals surface area contributed by atoms with Crippen LogP contribution in [0.15, 0.2) is 16.6 Å². The third kappa shape index (κ3) is 5.47. The summed E-state index contributed by atoms with van der Waals surface area (Å²) in [6.45, 7) is 8.62. The highest BCUT2D eigenvalue weighted by Gasteiger charge is 2.30. The Kier molecular flexibility index (Phi) is 7.56. The second-order valence-corrected chi connectivity index (χ2v) is 8.06. The van der Waals surface area contributed by atoms with Crippen molar-refractivity contribution in [2.75, 3.05) is 52.9 Å². The SMILES string of the molecule is CN=C(NCCC1=CCCCC1)N1CCN(C(C)C(=O)N2CCCC2)CC1. The molecule has 152 valence electrons. The van der Waals surface area contributed by atoms with Crippen LogP contribution in [0.2, 0.25) is 0 Å². The normalized spacial score (nSPS) is 23.3. The van der Waals surface area contributed by atoms with Gasteiger partial charge in [-0.15, -0.1) is 0 Å².